The minimum absolute atomic E-state index is 0.395. The number of halogens is 1. The van der Waals surface area contributed by atoms with Crippen molar-refractivity contribution in [3.8, 4) is 0 Å². The zero-order valence-corrected chi connectivity index (χ0v) is 15.1. The van der Waals surface area contributed by atoms with Crippen LogP contribution in [0, 0.1) is 0 Å². The first kappa shape index (κ1) is 17.6. The minimum Gasteiger partial charge on any atom is -0.234 e. The lowest BCUT2D eigenvalue weighted by Crippen LogP contribution is -2.20. The zero-order valence-electron chi connectivity index (χ0n) is 13.5. The Labute approximate surface area is 145 Å². The molecule has 0 spiro atoms. The van der Waals surface area contributed by atoms with Gasteiger partial charge < -0.3 is 0 Å². The maximum atomic E-state index is 12.4. The van der Waals surface area contributed by atoms with Crippen molar-refractivity contribution in [2.45, 2.75) is 25.5 Å². The molecule has 0 radical (unpaired) electrons. The number of allylic oxidation sites excluding steroid dienone is 1. The van der Waals surface area contributed by atoms with Crippen LogP contribution < -0.4 is 0 Å². The molecule has 0 bridgehead atoms. The van der Waals surface area contributed by atoms with E-state index in [4.69, 9.17) is 11.6 Å². The summed E-state index contributed by atoms with van der Waals surface area (Å²) in [4.78, 5) is 0. The molecule has 2 aromatic carbocycles. The molecule has 120 valence electrons. The van der Waals surface area contributed by atoms with E-state index >= 15 is 0 Å². The van der Waals surface area contributed by atoms with Crippen molar-refractivity contribution in [2.75, 3.05) is 0 Å². The number of hydrogen-bond acceptors (Lipinski definition) is 1. The lowest BCUT2D eigenvalue weighted by atomic mass is 10.1. The van der Waals surface area contributed by atoms with Crippen LogP contribution in [0.15, 0.2) is 65.1 Å². The van der Waals surface area contributed by atoms with Crippen LogP contribution in [0.5, 0.6) is 0 Å². The highest BCUT2D eigenvalue weighted by molar-refractivity contribution is 7.85. The van der Waals surface area contributed by atoms with Crippen molar-refractivity contribution >= 4 is 34.4 Å². The van der Waals surface area contributed by atoms with Crippen molar-refractivity contribution < 1.29 is 4.21 Å². The number of hydrogen-bond donors (Lipinski definition) is 0. The van der Waals surface area contributed by atoms with E-state index in [1.165, 1.54) is 0 Å². The van der Waals surface area contributed by atoms with E-state index in [-0.39, 0.29) is 0 Å². The Bertz CT molecular complexity index is 728. The van der Waals surface area contributed by atoms with Crippen LogP contribution in [0.1, 0.15) is 31.9 Å². The minimum atomic E-state index is -1.31. The molecule has 2 rings (SSSR count). The van der Waals surface area contributed by atoms with Gasteiger partial charge in [-0.05, 0) is 44.5 Å². The molecule has 0 fully saturated rings. The van der Waals surface area contributed by atoms with Gasteiger partial charge in [-0.1, -0.05) is 60.1 Å². The summed E-state index contributed by atoms with van der Waals surface area (Å²) in [6, 6.07) is 17.3. The molecule has 2 aromatic rings. The maximum absolute atomic E-state index is 12.4. The fourth-order valence-electron chi connectivity index (χ4n) is 1.76. The molecule has 0 unspecified atom stereocenters. The highest BCUT2D eigenvalue weighted by Gasteiger charge is 2.19. The Kier molecular flexibility index (Phi) is 5.91. The third kappa shape index (κ3) is 5.45. The average molecular weight is 346 g/mol. The Morgan fingerprint density at radius 1 is 1.04 bits per heavy atom. The summed E-state index contributed by atoms with van der Waals surface area (Å²) < 4.78 is 16.4. The summed E-state index contributed by atoms with van der Waals surface area (Å²) in [5.74, 6) is 0. The first-order valence-electron chi connectivity index (χ1n) is 7.36. The van der Waals surface area contributed by atoms with E-state index in [1.807, 2.05) is 87.5 Å². The highest BCUT2D eigenvalue weighted by Crippen LogP contribution is 2.16. The highest BCUT2D eigenvalue weighted by atomic mass is 35.5. The molecule has 0 aliphatic rings. The van der Waals surface area contributed by atoms with Crippen LogP contribution >= 0.6 is 11.6 Å². The van der Waals surface area contributed by atoms with Gasteiger partial charge in [0.25, 0.3) is 0 Å². The van der Waals surface area contributed by atoms with Gasteiger partial charge in [0.15, 0.2) is 0 Å². The smallest absolute Gasteiger partial charge is 0.145 e. The molecule has 0 aliphatic carbocycles. The Morgan fingerprint density at radius 3 is 2.22 bits per heavy atom. The largest absolute Gasteiger partial charge is 0.234 e. The van der Waals surface area contributed by atoms with E-state index < -0.39 is 15.7 Å². The van der Waals surface area contributed by atoms with Crippen LogP contribution in [-0.2, 0) is 11.0 Å². The Morgan fingerprint density at radius 2 is 1.65 bits per heavy atom. The van der Waals surface area contributed by atoms with Crippen LogP contribution in [0.4, 0.5) is 0 Å². The van der Waals surface area contributed by atoms with Crippen LogP contribution in [0.25, 0.3) is 6.08 Å². The van der Waals surface area contributed by atoms with E-state index in [0.29, 0.717) is 10.7 Å². The standard InChI is InChI=1S/C19H20ClNOS/c1-19(2,3)23(22)21-18(16-7-5-4-6-8-16)14-11-15-9-12-17(20)13-10-15/h4-14H,1-3H3/b14-11+,21-18-/t23-/m0/s1. The van der Waals surface area contributed by atoms with Gasteiger partial charge in [0.2, 0.25) is 0 Å². The molecule has 0 aliphatic heterocycles. The van der Waals surface area contributed by atoms with Crippen molar-refractivity contribution in [1.29, 1.82) is 0 Å². The van der Waals surface area contributed by atoms with Crippen LogP contribution in [0.3, 0.4) is 0 Å². The fourth-order valence-corrected chi connectivity index (χ4v) is 2.51. The monoisotopic (exact) mass is 345 g/mol. The molecule has 0 saturated heterocycles. The molecule has 0 saturated carbocycles. The third-order valence-electron chi connectivity index (χ3n) is 3.08. The molecule has 0 aromatic heterocycles. The molecule has 0 heterocycles. The molecule has 0 N–H and O–H groups in total. The predicted molar refractivity (Wildman–Crippen MR) is 101 cm³/mol. The molecule has 1 atom stereocenters. The van der Waals surface area contributed by atoms with E-state index in [9.17, 15) is 4.21 Å². The van der Waals surface area contributed by atoms with Gasteiger partial charge in [-0.2, -0.15) is 4.40 Å². The molecular formula is C19H20ClNOS. The summed E-state index contributed by atoms with van der Waals surface area (Å²) in [5.41, 5.74) is 2.66. The Balaban J connectivity index is 2.36. The maximum Gasteiger partial charge on any atom is 0.145 e. The topological polar surface area (TPSA) is 29.4 Å². The summed E-state index contributed by atoms with van der Waals surface area (Å²) >= 11 is 5.90. The fraction of sp³-hybridized carbons (Fsp3) is 0.211. The van der Waals surface area contributed by atoms with Crippen molar-refractivity contribution in [3.63, 3.8) is 0 Å². The summed E-state index contributed by atoms with van der Waals surface area (Å²) in [6.45, 7) is 5.74. The molecule has 0 amide bonds. The Hall–Kier alpha value is -1.71. The van der Waals surface area contributed by atoms with Gasteiger partial charge in [0.1, 0.15) is 11.0 Å². The lowest BCUT2D eigenvalue weighted by molar-refractivity contribution is 0.650. The second-order valence-corrected chi connectivity index (χ2v) is 8.43. The van der Waals surface area contributed by atoms with E-state index in [2.05, 4.69) is 4.40 Å². The quantitative estimate of drug-likeness (QED) is 0.691. The van der Waals surface area contributed by atoms with Crippen molar-refractivity contribution in [1.82, 2.24) is 0 Å². The van der Waals surface area contributed by atoms with Gasteiger partial charge in [-0.15, -0.1) is 0 Å². The van der Waals surface area contributed by atoms with Gasteiger partial charge in [0.05, 0.1) is 10.5 Å². The molecule has 23 heavy (non-hydrogen) atoms. The molecule has 2 nitrogen and oxygen atoms in total. The van der Waals surface area contributed by atoms with Crippen molar-refractivity contribution in [2.24, 2.45) is 4.40 Å². The SMILES string of the molecule is CC(C)(C)[S@](=O)/N=C(/C=C/c1ccc(Cl)cc1)c1ccccc1. The van der Waals surface area contributed by atoms with Crippen molar-refractivity contribution in [3.05, 3.63) is 76.8 Å². The van der Waals surface area contributed by atoms with Crippen LogP contribution in [-0.4, -0.2) is 14.7 Å². The normalized spacial score (nSPS) is 14.2. The summed E-state index contributed by atoms with van der Waals surface area (Å²) in [7, 11) is -1.31. The second-order valence-electron chi connectivity index (χ2n) is 6.09. The summed E-state index contributed by atoms with van der Waals surface area (Å²) in [5, 5.41) is 0.702. The molecular weight excluding hydrogens is 326 g/mol. The lowest BCUT2D eigenvalue weighted by Gasteiger charge is -2.14. The third-order valence-corrected chi connectivity index (χ3v) is 4.74. The number of benzene rings is 2. The number of rotatable bonds is 4. The van der Waals surface area contributed by atoms with Gasteiger partial charge >= 0.3 is 0 Å². The van der Waals surface area contributed by atoms with Gasteiger partial charge in [0, 0.05) is 10.6 Å². The van der Waals surface area contributed by atoms with E-state index in [1.54, 1.807) is 0 Å². The first-order valence-corrected chi connectivity index (χ1v) is 8.84. The molecule has 4 heteroatoms. The van der Waals surface area contributed by atoms with Gasteiger partial charge in [-0.25, -0.2) is 4.21 Å². The second kappa shape index (κ2) is 7.71. The van der Waals surface area contributed by atoms with Crippen LogP contribution in [0.2, 0.25) is 5.02 Å². The van der Waals surface area contributed by atoms with E-state index in [0.717, 1.165) is 11.1 Å². The number of nitrogens with zero attached hydrogens (tertiary/aromatic N) is 1. The predicted octanol–water partition coefficient (Wildman–Crippen LogP) is 5.30. The zero-order chi connectivity index (χ0) is 16.9. The summed E-state index contributed by atoms with van der Waals surface area (Å²) in [6.07, 6.45) is 3.84. The van der Waals surface area contributed by atoms with Gasteiger partial charge in [-0.3, -0.25) is 0 Å². The first-order chi connectivity index (χ1) is 10.9. The average Bonchev–Trinajstić information content (AvgIpc) is 2.52.